The molecular formula is C28H30N6O4. The van der Waals surface area contributed by atoms with E-state index in [1.54, 1.807) is 0 Å². The van der Waals surface area contributed by atoms with Gasteiger partial charge in [-0.15, -0.1) is 0 Å². The number of carbonyl (C=O) groups is 2. The van der Waals surface area contributed by atoms with Gasteiger partial charge in [0.05, 0.1) is 23.0 Å². The molecule has 2 amide bonds. The Kier molecular flexibility index (Phi) is 6.32. The number of β-amino-alcohol motifs (C(OH)–C–C–N with tert-alkyl or cyclic N) is 1. The summed E-state index contributed by atoms with van der Waals surface area (Å²) in [4.78, 5) is 31.6. The molecule has 3 N–H and O–H groups in total. The van der Waals surface area contributed by atoms with Crippen molar-refractivity contribution in [3.05, 3.63) is 60.1 Å². The monoisotopic (exact) mass is 514 g/mol. The second-order valence-electron chi connectivity index (χ2n) is 10.1. The van der Waals surface area contributed by atoms with Gasteiger partial charge in [0.1, 0.15) is 6.26 Å². The molecule has 2 atom stereocenters. The van der Waals surface area contributed by atoms with Gasteiger partial charge in [0.15, 0.2) is 5.69 Å². The number of hydrogen-bond donors (Lipinski definition) is 3. The first kappa shape index (κ1) is 24.2. The van der Waals surface area contributed by atoms with Gasteiger partial charge in [-0.3, -0.25) is 14.3 Å². The van der Waals surface area contributed by atoms with E-state index in [4.69, 9.17) is 9.52 Å². The van der Waals surface area contributed by atoms with Crippen molar-refractivity contribution in [3.63, 3.8) is 0 Å². The van der Waals surface area contributed by atoms with Crippen LogP contribution >= 0.6 is 0 Å². The number of hydrogen-bond acceptors (Lipinski definition) is 7. The molecule has 4 aromatic rings. The summed E-state index contributed by atoms with van der Waals surface area (Å²) in [7, 11) is 0. The van der Waals surface area contributed by atoms with E-state index in [1.807, 2.05) is 54.2 Å². The van der Waals surface area contributed by atoms with Gasteiger partial charge in [0.2, 0.25) is 11.8 Å². The van der Waals surface area contributed by atoms with Crippen molar-refractivity contribution >= 4 is 34.1 Å². The lowest BCUT2D eigenvalue weighted by Crippen LogP contribution is -2.23. The summed E-state index contributed by atoms with van der Waals surface area (Å²) in [5, 5.41) is 21.6. The fourth-order valence-corrected chi connectivity index (χ4v) is 5.23. The number of rotatable bonds is 7. The average Bonchev–Trinajstić information content (AvgIpc) is 3.69. The zero-order valence-electron chi connectivity index (χ0n) is 21.2. The Bertz CT molecular complexity index is 1510. The maximum atomic E-state index is 13.2. The van der Waals surface area contributed by atoms with Crippen LogP contribution in [0.3, 0.4) is 0 Å². The van der Waals surface area contributed by atoms with E-state index in [9.17, 15) is 14.7 Å². The highest BCUT2D eigenvalue weighted by Crippen LogP contribution is 2.34. The van der Waals surface area contributed by atoms with Crippen LogP contribution in [-0.2, 0) is 11.3 Å². The van der Waals surface area contributed by atoms with Crippen LogP contribution in [-0.4, -0.2) is 57.4 Å². The zero-order valence-corrected chi connectivity index (χ0v) is 21.2. The SMILES string of the molecule is Cc1cccc(-c2nc(C(=O)Nc3cc4cn(CCC5CCNC5=O)nc4cc3N3CCC(O)C3)co2)c1. The molecule has 2 unspecified atom stereocenters. The average molecular weight is 515 g/mol. The van der Waals surface area contributed by atoms with Gasteiger partial charge in [-0.05, 0) is 50.5 Å². The highest BCUT2D eigenvalue weighted by atomic mass is 16.3. The number of aromatic nitrogens is 3. The Balaban J connectivity index is 1.26. The van der Waals surface area contributed by atoms with E-state index >= 15 is 0 Å². The molecule has 0 radical (unpaired) electrons. The molecule has 38 heavy (non-hydrogen) atoms. The van der Waals surface area contributed by atoms with Gasteiger partial charge in [0.25, 0.3) is 5.91 Å². The van der Waals surface area contributed by atoms with Crippen LogP contribution in [0.2, 0.25) is 0 Å². The highest BCUT2D eigenvalue weighted by molar-refractivity contribution is 6.06. The van der Waals surface area contributed by atoms with Crippen molar-refractivity contribution in [3.8, 4) is 11.5 Å². The van der Waals surface area contributed by atoms with Crippen LogP contribution in [0.1, 0.15) is 35.3 Å². The maximum absolute atomic E-state index is 13.2. The quantitative estimate of drug-likeness (QED) is 0.345. The Labute approximate surface area is 219 Å². The van der Waals surface area contributed by atoms with Crippen molar-refractivity contribution < 1.29 is 19.1 Å². The number of benzene rings is 2. The Morgan fingerprint density at radius 2 is 2.16 bits per heavy atom. The number of aliphatic hydroxyl groups excluding tert-OH is 1. The van der Waals surface area contributed by atoms with E-state index in [1.165, 1.54) is 6.26 Å². The largest absolute Gasteiger partial charge is 0.444 e. The summed E-state index contributed by atoms with van der Waals surface area (Å²) in [6.07, 6.45) is 5.12. The Morgan fingerprint density at radius 3 is 2.92 bits per heavy atom. The molecule has 196 valence electrons. The molecule has 10 nitrogen and oxygen atoms in total. The summed E-state index contributed by atoms with van der Waals surface area (Å²) in [5.74, 6) is 0.132. The smallest absolute Gasteiger partial charge is 0.277 e. The number of amides is 2. The van der Waals surface area contributed by atoms with Gasteiger partial charge in [-0.25, -0.2) is 4.98 Å². The third-order valence-corrected chi connectivity index (χ3v) is 7.29. The molecule has 0 bridgehead atoms. The number of fused-ring (bicyclic) bond motifs is 1. The molecule has 0 spiro atoms. The molecule has 2 saturated heterocycles. The molecule has 4 heterocycles. The van der Waals surface area contributed by atoms with Crippen LogP contribution in [0.15, 0.2) is 53.3 Å². The number of nitrogens with one attached hydrogen (secondary N) is 2. The van der Waals surface area contributed by atoms with Crippen LogP contribution in [0.4, 0.5) is 11.4 Å². The molecule has 10 heteroatoms. The first-order valence-electron chi connectivity index (χ1n) is 13.0. The number of aryl methyl sites for hydroxylation is 2. The second kappa shape index (κ2) is 9.94. The van der Waals surface area contributed by atoms with E-state index in [2.05, 4.69) is 20.5 Å². The lowest BCUT2D eigenvalue weighted by molar-refractivity contribution is -0.122. The first-order chi connectivity index (χ1) is 18.4. The molecule has 0 saturated carbocycles. The van der Waals surface area contributed by atoms with E-state index in [-0.39, 0.29) is 23.4 Å². The van der Waals surface area contributed by atoms with Crippen LogP contribution < -0.4 is 15.5 Å². The Hall–Kier alpha value is -4.18. The Morgan fingerprint density at radius 1 is 1.26 bits per heavy atom. The van der Waals surface area contributed by atoms with E-state index < -0.39 is 6.10 Å². The minimum Gasteiger partial charge on any atom is -0.444 e. The van der Waals surface area contributed by atoms with Gasteiger partial charge in [-0.1, -0.05) is 17.7 Å². The topological polar surface area (TPSA) is 126 Å². The molecular weight excluding hydrogens is 484 g/mol. The van der Waals surface area contributed by atoms with Gasteiger partial charge >= 0.3 is 0 Å². The third kappa shape index (κ3) is 4.87. The number of oxazole rings is 1. The summed E-state index contributed by atoms with van der Waals surface area (Å²) in [5.41, 5.74) is 4.26. The number of carbonyl (C=O) groups excluding carboxylic acids is 2. The molecule has 6 rings (SSSR count). The predicted octanol–water partition coefficient (Wildman–Crippen LogP) is 3.35. The van der Waals surface area contributed by atoms with Crippen molar-refractivity contribution in [1.82, 2.24) is 20.1 Å². The fraction of sp³-hybridized carbons (Fsp3) is 0.357. The van der Waals surface area contributed by atoms with E-state index in [0.29, 0.717) is 37.6 Å². The van der Waals surface area contributed by atoms with Gasteiger partial charge in [0, 0.05) is 49.2 Å². The van der Waals surface area contributed by atoms with Crippen LogP contribution in [0.25, 0.3) is 22.4 Å². The lowest BCUT2D eigenvalue weighted by atomic mass is 10.0. The minimum absolute atomic E-state index is 0.0194. The molecule has 2 aromatic heterocycles. The number of anilines is 2. The van der Waals surface area contributed by atoms with E-state index in [0.717, 1.165) is 47.1 Å². The van der Waals surface area contributed by atoms with Gasteiger partial charge in [-0.2, -0.15) is 5.10 Å². The standard InChI is InChI=1S/C28H30N6O4/c1-17-3-2-4-19(11-17)28-31-24(16-38-28)27(37)30-23-12-20-14-34(10-6-18-5-8-29-26(18)36)32-22(20)13-25(23)33-9-7-21(35)15-33/h2-4,11-14,16,18,21,35H,5-10,15H2,1H3,(H,29,36)(H,30,37). The zero-order chi connectivity index (χ0) is 26.2. The molecule has 0 aliphatic carbocycles. The van der Waals surface area contributed by atoms with Crippen LogP contribution in [0, 0.1) is 12.8 Å². The normalized spacial score (nSPS) is 19.3. The third-order valence-electron chi connectivity index (χ3n) is 7.29. The lowest BCUT2D eigenvalue weighted by Gasteiger charge is -2.21. The predicted molar refractivity (Wildman–Crippen MR) is 143 cm³/mol. The van der Waals surface area contributed by atoms with Crippen molar-refractivity contribution in [2.24, 2.45) is 5.92 Å². The summed E-state index contributed by atoms with van der Waals surface area (Å²) < 4.78 is 7.46. The fourth-order valence-electron chi connectivity index (χ4n) is 5.23. The first-order valence-corrected chi connectivity index (χ1v) is 13.0. The van der Waals surface area contributed by atoms with Crippen molar-refractivity contribution in [2.75, 3.05) is 29.9 Å². The molecule has 2 aromatic carbocycles. The second-order valence-corrected chi connectivity index (χ2v) is 10.1. The number of aliphatic hydroxyl groups is 1. The van der Waals surface area contributed by atoms with Crippen molar-refractivity contribution in [2.45, 2.75) is 38.8 Å². The highest BCUT2D eigenvalue weighted by Gasteiger charge is 2.26. The van der Waals surface area contributed by atoms with Crippen LogP contribution in [0.5, 0.6) is 0 Å². The maximum Gasteiger partial charge on any atom is 0.277 e. The summed E-state index contributed by atoms with van der Waals surface area (Å²) >= 11 is 0. The molecule has 2 fully saturated rings. The number of nitrogens with zero attached hydrogens (tertiary/aromatic N) is 4. The summed E-state index contributed by atoms with van der Waals surface area (Å²) in [6.45, 7) is 4.51. The minimum atomic E-state index is -0.420. The van der Waals surface area contributed by atoms with Crippen molar-refractivity contribution in [1.29, 1.82) is 0 Å². The van der Waals surface area contributed by atoms with Gasteiger partial charge < -0.3 is 25.1 Å². The summed E-state index contributed by atoms with van der Waals surface area (Å²) in [6, 6.07) is 11.6. The molecule has 2 aliphatic rings. The molecule has 2 aliphatic heterocycles.